The van der Waals surface area contributed by atoms with Crippen LogP contribution in [-0.4, -0.2) is 18.1 Å². The summed E-state index contributed by atoms with van der Waals surface area (Å²) < 4.78 is 18.6. The summed E-state index contributed by atoms with van der Waals surface area (Å²) in [5.41, 5.74) is 2.91. The number of carbonyl (C=O) groups is 1. The Morgan fingerprint density at radius 3 is 2.56 bits per heavy atom. The van der Waals surface area contributed by atoms with E-state index < -0.39 is 11.8 Å². The summed E-state index contributed by atoms with van der Waals surface area (Å²) in [6, 6.07) is 13.3. The fourth-order valence-electron chi connectivity index (χ4n) is 2.85. The summed E-state index contributed by atoms with van der Waals surface area (Å²) in [6.07, 6.45) is 0.0327. The number of rotatable bonds is 3. The van der Waals surface area contributed by atoms with Crippen molar-refractivity contribution < 1.29 is 13.9 Å². The quantitative estimate of drug-likeness (QED) is 0.740. The first-order valence-electron chi connectivity index (χ1n) is 7.39. The van der Waals surface area contributed by atoms with E-state index in [2.05, 4.69) is 11.1 Å². The Morgan fingerprint density at radius 1 is 1.24 bits per heavy atom. The number of nitrogens with zero attached hydrogens (tertiary/aromatic N) is 2. The second kappa shape index (κ2) is 6.46. The standard InChI is InChI=1S/C19H12FN3O2/c1-25-19(24)15-8-13(20)9-16-17(15)14(6-7-21)18(23-16)12-4-2-11(10-22)3-5-12/h2-5,8-9,23H,6H2,1H3. The van der Waals surface area contributed by atoms with Crippen LogP contribution in [0.15, 0.2) is 36.4 Å². The first-order chi connectivity index (χ1) is 12.1. The van der Waals surface area contributed by atoms with Gasteiger partial charge in [0.2, 0.25) is 0 Å². The monoisotopic (exact) mass is 333 g/mol. The van der Waals surface area contributed by atoms with Gasteiger partial charge in [-0.25, -0.2) is 9.18 Å². The van der Waals surface area contributed by atoms with Crippen molar-refractivity contribution in [2.75, 3.05) is 7.11 Å². The largest absolute Gasteiger partial charge is 0.465 e. The molecule has 0 fully saturated rings. The fraction of sp³-hybridized carbons (Fsp3) is 0.105. The van der Waals surface area contributed by atoms with Crippen molar-refractivity contribution in [3.8, 4) is 23.4 Å². The number of hydrogen-bond acceptors (Lipinski definition) is 4. The minimum atomic E-state index is -0.672. The molecular formula is C19H12FN3O2. The summed E-state index contributed by atoms with van der Waals surface area (Å²) in [6.45, 7) is 0. The van der Waals surface area contributed by atoms with Crippen molar-refractivity contribution in [2.24, 2.45) is 0 Å². The molecule has 0 bridgehead atoms. The molecular weight excluding hydrogens is 321 g/mol. The van der Waals surface area contributed by atoms with E-state index >= 15 is 0 Å². The molecule has 6 heteroatoms. The molecule has 0 saturated heterocycles. The summed E-state index contributed by atoms with van der Waals surface area (Å²) in [5.74, 6) is -1.25. The van der Waals surface area contributed by atoms with Crippen LogP contribution < -0.4 is 0 Å². The van der Waals surface area contributed by atoms with E-state index in [1.54, 1.807) is 24.3 Å². The van der Waals surface area contributed by atoms with Gasteiger partial charge in [-0.1, -0.05) is 12.1 Å². The van der Waals surface area contributed by atoms with Crippen LogP contribution >= 0.6 is 0 Å². The number of ether oxygens (including phenoxy) is 1. The number of halogens is 1. The molecule has 1 N–H and O–H groups in total. The van der Waals surface area contributed by atoms with E-state index in [1.807, 2.05) is 6.07 Å². The number of carbonyl (C=O) groups excluding carboxylic acids is 1. The SMILES string of the molecule is COC(=O)c1cc(F)cc2[nH]c(-c3ccc(C#N)cc3)c(CC#N)c12. The highest BCUT2D eigenvalue weighted by molar-refractivity contribution is 6.07. The molecule has 0 saturated carbocycles. The molecule has 1 heterocycles. The first kappa shape index (κ1) is 16.2. The van der Waals surface area contributed by atoms with Gasteiger partial charge >= 0.3 is 5.97 Å². The molecule has 3 rings (SSSR count). The fourth-order valence-corrected chi connectivity index (χ4v) is 2.85. The maximum atomic E-state index is 13.9. The minimum absolute atomic E-state index is 0.0327. The van der Waals surface area contributed by atoms with Crippen molar-refractivity contribution in [1.82, 2.24) is 4.98 Å². The lowest BCUT2D eigenvalue weighted by Crippen LogP contribution is -2.03. The van der Waals surface area contributed by atoms with E-state index in [0.717, 1.165) is 11.6 Å². The predicted octanol–water partition coefficient (Wildman–Crippen LogP) is 3.70. The van der Waals surface area contributed by atoms with Gasteiger partial charge in [-0.15, -0.1) is 0 Å². The number of nitrogens with one attached hydrogen (secondary N) is 1. The third-order valence-corrected chi connectivity index (χ3v) is 3.93. The Balaban J connectivity index is 2.33. The van der Waals surface area contributed by atoms with Crippen molar-refractivity contribution >= 4 is 16.9 Å². The zero-order valence-electron chi connectivity index (χ0n) is 13.3. The van der Waals surface area contributed by atoms with Gasteiger partial charge in [-0.05, 0) is 29.8 Å². The lowest BCUT2D eigenvalue weighted by Gasteiger charge is -2.05. The molecule has 0 atom stereocenters. The highest BCUT2D eigenvalue weighted by Crippen LogP contribution is 2.34. The highest BCUT2D eigenvalue weighted by Gasteiger charge is 2.21. The molecule has 0 aliphatic heterocycles. The second-order valence-corrected chi connectivity index (χ2v) is 5.37. The van der Waals surface area contributed by atoms with Crippen LogP contribution in [0.5, 0.6) is 0 Å². The Morgan fingerprint density at radius 2 is 1.96 bits per heavy atom. The number of H-pyrrole nitrogens is 1. The maximum absolute atomic E-state index is 13.9. The molecule has 0 aliphatic rings. The molecule has 0 spiro atoms. The topological polar surface area (TPSA) is 89.7 Å². The van der Waals surface area contributed by atoms with E-state index in [1.165, 1.54) is 13.2 Å². The van der Waals surface area contributed by atoms with Crippen LogP contribution in [0.4, 0.5) is 4.39 Å². The number of benzene rings is 2. The Kier molecular flexibility index (Phi) is 4.20. The molecule has 1 aromatic heterocycles. The zero-order valence-corrected chi connectivity index (χ0v) is 13.3. The van der Waals surface area contributed by atoms with Gasteiger partial charge in [-0.2, -0.15) is 10.5 Å². The molecule has 0 unspecified atom stereocenters. The number of aromatic nitrogens is 1. The van der Waals surface area contributed by atoms with Gasteiger partial charge in [0.05, 0.1) is 42.5 Å². The number of methoxy groups -OCH3 is 1. The van der Waals surface area contributed by atoms with Crippen LogP contribution in [0.1, 0.15) is 21.5 Å². The number of nitriles is 2. The van der Waals surface area contributed by atoms with Gasteiger partial charge in [0.25, 0.3) is 0 Å². The summed E-state index contributed by atoms with van der Waals surface area (Å²) in [7, 11) is 1.22. The minimum Gasteiger partial charge on any atom is -0.465 e. The second-order valence-electron chi connectivity index (χ2n) is 5.37. The van der Waals surface area contributed by atoms with Crippen molar-refractivity contribution in [1.29, 1.82) is 10.5 Å². The van der Waals surface area contributed by atoms with E-state index in [4.69, 9.17) is 10.00 Å². The van der Waals surface area contributed by atoms with E-state index in [0.29, 0.717) is 27.7 Å². The zero-order chi connectivity index (χ0) is 18.0. The summed E-state index contributed by atoms with van der Waals surface area (Å²) >= 11 is 0. The number of aromatic amines is 1. The third kappa shape index (κ3) is 2.82. The summed E-state index contributed by atoms with van der Waals surface area (Å²) in [5, 5.41) is 18.6. The lowest BCUT2D eigenvalue weighted by atomic mass is 9.99. The molecule has 3 aromatic rings. The smallest absolute Gasteiger partial charge is 0.338 e. The average molecular weight is 333 g/mol. The van der Waals surface area contributed by atoms with E-state index in [9.17, 15) is 14.4 Å². The Bertz CT molecular complexity index is 1050. The molecule has 2 aromatic carbocycles. The van der Waals surface area contributed by atoms with Crippen LogP contribution in [0.25, 0.3) is 22.2 Å². The number of hydrogen-bond donors (Lipinski definition) is 1. The summed E-state index contributed by atoms with van der Waals surface area (Å²) in [4.78, 5) is 15.1. The lowest BCUT2D eigenvalue weighted by molar-refractivity contribution is 0.0602. The van der Waals surface area contributed by atoms with Crippen LogP contribution in [-0.2, 0) is 11.2 Å². The van der Waals surface area contributed by atoms with Gasteiger partial charge in [0, 0.05) is 16.5 Å². The molecule has 0 radical (unpaired) electrons. The van der Waals surface area contributed by atoms with Crippen LogP contribution in [0, 0.1) is 28.5 Å². The van der Waals surface area contributed by atoms with Crippen molar-refractivity contribution in [3.63, 3.8) is 0 Å². The molecule has 0 amide bonds. The predicted molar refractivity (Wildman–Crippen MR) is 89.1 cm³/mol. The number of fused-ring (bicyclic) bond motifs is 1. The third-order valence-electron chi connectivity index (χ3n) is 3.93. The normalized spacial score (nSPS) is 10.2. The van der Waals surface area contributed by atoms with Crippen LogP contribution in [0.3, 0.4) is 0 Å². The van der Waals surface area contributed by atoms with Gasteiger partial charge in [0.15, 0.2) is 0 Å². The molecule has 5 nitrogen and oxygen atoms in total. The van der Waals surface area contributed by atoms with Gasteiger partial charge in [0.1, 0.15) is 5.82 Å². The number of esters is 1. The van der Waals surface area contributed by atoms with Crippen molar-refractivity contribution in [3.05, 3.63) is 58.9 Å². The Hall–Kier alpha value is -3.64. The molecule has 122 valence electrons. The maximum Gasteiger partial charge on any atom is 0.338 e. The van der Waals surface area contributed by atoms with Gasteiger partial charge < -0.3 is 9.72 Å². The first-order valence-corrected chi connectivity index (χ1v) is 7.39. The van der Waals surface area contributed by atoms with Crippen molar-refractivity contribution in [2.45, 2.75) is 6.42 Å². The van der Waals surface area contributed by atoms with Gasteiger partial charge in [-0.3, -0.25) is 0 Å². The molecule has 25 heavy (non-hydrogen) atoms. The Labute approximate surface area is 142 Å². The molecule has 0 aliphatic carbocycles. The highest BCUT2D eigenvalue weighted by atomic mass is 19.1. The van der Waals surface area contributed by atoms with Crippen LogP contribution in [0.2, 0.25) is 0 Å². The average Bonchev–Trinajstić information content (AvgIpc) is 2.99. The van der Waals surface area contributed by atoms with E-state index in [-0.39, 0.29) is 12.0 Å².